The molecule has 8 heterocycles. The van der Waals surface area contributed by atoms with Gasteiger partial charge < -0.3 is 46.1 Å². The Morgan fingerprint density at radius 2 is 1.03 bits per heavy atom. The van der Waals surface area contributed by atoms with Crippen LogP contribution in [0.3, 0.4) is 0 Å². The minimum absolute atomic E-state index is 0.00315. The van der Waals surface area contributed by atoms with Gasteiger partial charge in [0.2, 0.25) is 29.8 Å². The molecule has 8 bridgehead atoms. The lowest BCUT2D eigenvalue weighted by atomic mass is 9.94. The molecule has 8 aliphatic rings. The molecule has 2 aromatic carbocycles. The van der Waals surface area contributed by atoms with Crippen LogP contribution in [0, 0.1) is 0 Å². The van der Waals surface area contributed by atoms with Crippen LogP contribution in [0.5, 0.6) is 46.0 Å². The lowest BCUT2D eigenvalue weighted by Gasteiger charge is -2.28. The molecular weight excluding hydrogens is 470 g/mol. The van der Waals surface area contributed by atoms with Gasteiger partial charge >= 0.3 is 15.6 Å². The van der Waals surface area contributed by atoms with Gasteiger partial charge in [-0.1, -0.05) is 0 Å². The molecule has 4 atom stereocenters. The summed E-state index contributed by atoms with van der Waals surface area (Å²) < 4.78 is 82.5. The smallest absolute Gasteiger partial charge is 0.453 e. The molecule has 2 aromatic rings. The van der Waals surface area contributed by atoms with Crippen molar-refractivity contribution >= 4 is 27.2 Å². The average molecular weight is 476 g/mol. The van der Waals surface area contributed by atoms with E-state index in [4.69, 9.17) is 46.1 Å². The summed E-state index contributed by atoms with van der Waals surface area (Å²) in [6.45, 7) is 0. The van der Waals surface area contributed by atoms with Crippen LogP contribution < -0.4 is 36.8 Å². The molecule has 10 rings (SSSR count). The Morgan fingerprint density at radius 1 is 0.500 bits per heavy atom. The summed E-state index contributed by atoms with van der Waals surface area (Å²) in [6.07, 6.45) is -0.108. The highest BCUT2D eigenvalue weighted by molar-refractivity contribution is 7.51. The fraction of sp³-hybridized carbons (Fsp3) is 0.222. The zero-order valence-corrected chi connectivity index (χ0v) is 17.2. The molecule has 32 heavy (non-hydrogen) atoms. The Bertz CT molecular complexity index is 1570. The van der Waals surface area contributed by atoms with Gasteiger partial charge in [-0.05, 0) is 0 Å². The highest BCUT2D eigenvalue weighted by atomic mass is 31.2. The van der Waals surface area contributed by atoms with Crippen LogP contribution in [0.15, 0.2) is 0 Å². The summed E-state index contributed by atoms with van der Waals surface area (Å²) in [4.78, 5) is 0. The van der Waals surface area contributed by atoms with Crippen molar-refractivity contribution in [1.82, 2.24) is 0 Å². The van der Waals surface area contributed by atoms with Crippen LogP contribution in [0.25, 0.3) is 11.5 Å². The first-order valence-corrected chi connectivity index (χ1v) is 12.6. The van der Waals surface area contributed by atoms with Crippen LogP contribution in [0.4, 0.5) is 0 Å². The number of phosphoric acid groups is 2. The number of rotatable bonds is 0. The van der Waals surface area contributed by atoms with Gasteiger partial charge in [0, 0.05) is 11.1 Å². The number of hydrogen-bond acceptors (Lipinski definition) is 12. The molecule has 0 spiro atoms. The minimum atomic E-state index is -4.09. The molecule has 0 saturated carbocycles. The van der Waals surface area contributed by atoms with Gasteiger partial charge in [-0.3, -0.25) is 0 Å². The van der Waals surface area contributed by atoms with E-state index in [-0.39, 0.29) is 45.8 Å². The molecule has 4 unspecified atom stereocenters. The number of hydrogen-bond donors (Lipinski definition) is 0. The normalized spacial score (nSPS) is 36.6. The summed E-state index contributed by atoms with van der Waals surface area (Å²) in [5, 5.41) is 0. The Balaban J connectivity index is 1.34. The van der Waals surface area contributed by atoms with Gasteiger partial charge in [-0.25, -0.2) is 0 Å². The van der Waals surface area contributed by atoms with Gasteiger partial charge in [-0.15, -0.1) is 0 Å². The molecule has 0 aromatic heterocycles. The standard InChI is InChI=1S/C18H6O12P2/c19-31-25-13(8-14(26-31)16(28-31)18-17-15(8)27-32(20,29-17)30-18)12-7-3-1-5-22-10(3)11(23-5)4-2-6(24-12)21-9(4)7/h5-6H,1-2H2/b13-12+. The number of fused-ring (bicyclic) bond motifs is 8. The second-order valence-corrected chi connectivity index (χ2v) is 11.1. The Kier molecular flexibility index (Phi) is 2.01. The molecule has 0 radical (unpaired) electrons. The number of ether oxygens (including phenoxy) is 4. The molecule has 0 aliphatic carbocycles. The molecule has 0 saturated heterocycles. The van der Waals surface area contributed by atoms with E-state index in [1.165, 1.54) is 0 Å². The van der Waals surface area contributed by atoms with E-state index in [0.717, 1.165) is 11.1 Å². The van der Waals surface area contributed by atoms with Gasteiger partial charge in [0.15, 0.2) is 34.5 Å². The summed E-state index contributed by atoms with van der Waals surface area (Å²) >= 11 is 0. The average Bonchev–Trinajstić information content (AvgIpc) is 3.54. The molecular formula is C18H6O12P2. The van der Waals surface area contributed by atoms with Crippen molar-refractivity contribution in [3.05, 3.63) is 22.3 Å². The highest BCUT2D eigenvalue weighted by Gasteiger charge is 2.62. The Labute approximate surface area is 176 Å². The first-order chi connectivity index (χ1) is 15.5. The van der Waals surface area contributed by atoms with Gasteiger partial charge in [0.05, 0.1) is 18.4 Å². The third-order valence-electron chi connectivity index (χ3n) is 6.45. The fourth-order valence-electron chi connectivity index (χ4n) is 5.33. The summed E-state index contributed by atoms with van der Waals surface area (Å²) in [6, 6.07) is 0. The Morgan fingerprint density at radius 3 is 1.78 bits per heavy atom. The summed E-state index contributed by atoms with van der Waals surface area (Å²) in [5.41, 5.74) is 2.55. The van der Waals surface area contributed by atoms with Crippen LogP contribution in [-0.4, -0.2) is 12.6 Å². The number of benzene rings is 2. The van der Waals surface area contributed by atoms with Crippen LogP contribution in [0.1, 0.15) is 22.3 Å². The van der Waals surface area contributed by atoms with E-state index in [1.807, 2.05) is 0 Å². The van der Waals surface area contributed by atoms with Crippen molar-refractivity contribution in [2.75, 3.05) is 0 Å². The molecule has 0 N–H and O–H groups in total. The van der Waals surface area contributed by atoms with E-state index in [2.05, 4.69) is 0 Å². The van der Waals surface area contributed by atoms with Crippen molar-refractivity contribution in [3.8, 4) is 46.0 Å². The summed E-state index contributed by atoms with van der Waals surface area (Å²) in [5.74, 6) is 2.58. The highest BCUT2D eigenvalue weighted by Crippen LogP contribution is 2.81. The van der Waals surface area contributed by atoms with Crippen molar-refractivity contribution in [2.24, 2.45) is 0 Å². The molecule has 0 amide bonds. The fourth-order valence-corrected chi connectivity index (χ4v) is 7.92. The Hall–Kier alpha value is -3.36. The molecule has 14 heteroatoms. The number of phosphoric ester groups is 2. The summed E-state index contributed by atoms with van der Waals surface area (Å²) in [7, 11) is -7.96. The van der Waals surface area contributed by atoms with E-state index in [9.17, 15) is 9.13 Å². The quantitative estimate of drug-likeness (QED) is 0.515. The first kappa shape index (κ1) is 15.4. The second kappa shape index (κ2) is 4.16. The largest absolute Gasteiger partial charge is 0.647 e. The minimum Gasteiger partial charge on any atom is -0.453 e. The molecule has 0 fully saturated rings. The maximum atomic E-state index is 13.2. The van der Waals surface area contributed by atoms with Crippen molar-refractivity contribution in [3.63, 3.8) is 0 Å². The third-order valence-corrected chi connectivity index (χ3v) is 8.89. The maximum Gasteiger partial charge on any atom is 0.647 e. The van der Waals surface area contributed by atoms with E-state index in [0.29, 0.717) is 35.7 Å². The van der Waals surface area contributed by atoms with Crippen molar-refractivity contribution in [2.45, 2.75) is 25.4 Å². The predicted molar refractivity (Wildman–Crippen MR) is 97.1 cm³/mol. The lowest BCUT2D eigenvalue weighted by Crippen LogP contribution is -2.23. The first-order valence-electron chi connectivity index (χ1n) is 9.72. The van der Waals surface area contributed by atoms with Gasteiger partial charge in [-0.2, -0.15) is 9.13 Å². The predicted octanol–water partition coefficient (Wildman–Crippen LogP) is 3.64. The topological polar surface area (TPSA) is 126 Å². The second-order valence-electron chi connectivity index (χ2n) is 8.18. The lowest BCUT2D eigenvalue weighted by molar-refractivity contribution is -0.00985. The van der Waals surface area contributed by atoms with Crippen molar-refractivity contribution < 1.29 is 55.2 Å². The zero-order valence-electron chi connectivity index (χ0n) is 15.4. The third kappa shape index (κ3) is 1.43. The van der Waals surface area contributed by atoms with Gasteiger partial charge in [0.1, 0.15) is 11.3 Å². The van der Waals surface area contributed by atoms with Gasteiger partial charge in [0.25, 0.3) is 0 Å². The monoisotopic (exact) mass is 476 g/mol. The maximum absolute atomic E-state index is 13.2. The SMILES string of the molecule is O=P12O/C(=C3/OC4Cc5c6c7c(c3c5O4)CC(O6)O7)c3c(c(c4c5c3OP(=O)(O4)O5)O1)O2. The molecule has 160 valence electrons. The van der Waals surface area contributed by atoms with E-state index >= 15 is 0 Å². The van der Waals surface area contributed by atoms with E-state index in [1.54, 1.807) is 0 Å². The van der Waals surface area contributed by atoms with Crippen LogP contribution >= 0.6 is 15.6 Å². The molecule has 8 aliphatic heterocycles. The zero-order chi connectivity index (χ0) is 20.7. The van der Waals surface area contributed by atoms with E-state index < -0.39 is 28.2 Å². The molecule has 12 nitrogen and oxygen atoms in total. The van der Waals surface area contributed by atoms with Crippen LogP contribution in [-0.2, 0) is 31.2 Å². The van der Waals surface area contributed by atoms with Crippen LogP contribution in [0.2, 0.25) is 0 Å². The van der Waals surface area contributed by atoms with Crippen molar-refractivity contribution in [1.29, 1.82) is 0 Å².